The van der Waals surface area contributed by atoms with Crippen LogP contribution in [0.1, 0.15) is 31.1 Å². The lowest BCUT2D eigenvalue weighted by molar-refractivity contribution is -0.142. The van der Waals surface area contributed by atoms with Gasteiger partial charge in [0.05, 0.1) is 10.6 Å². The van der Waals surface area contributed by atoms with Crippen LogP contribution in [-0.4, -0.2) is 28.0 Å². The van der Waals surface area contributed by atoms with Gasteiger partial charge in [0, 0.05) is 6.20 Å². The Morgan fingerprint density at radius 1 is 1.37 bits per heavy atom. The molecule has 5 nitrogen and oxygen atoms in total. The molecule has 0 saturated heterocycles. The number of hydrogen-bond donors (Lipinski definition) is 2. The molecule has 0 bridgehead atoms. The first-order valence-electron chi connectivity index (χ1n) is 5.47. The second-order valence-corrected chi connectivity index (χ2v) is 5.89. The number of aromatic nitrogens is 1. The summed E-state index contributed by atoms with van der Waals surface area (Å²) in [5, 5.41) is 11.8. The molecule has 0 radical (unpaired) electrons. The van der Waals surface area contributed by atoms with Crippen molar-refractivity contribution in [2.24, 2.45) is 5.41 Å². The lowest BCUT2D eigenvalue weighted by Gasteiger charge is -2.27. The number of pyridine rings is 1. The molecule has 1 aromatic heterocycles. The first-order valence-corrected chi connectivity index (χ1v) is 6.23. The summed E-state index contributed by atoms with van der Waals surface area (Å²) in [6.45, 7) is 5.15. The second-order valence-electron chi connectivity index (χ2n) is 5.10. The van der Waals surface area contributed by atoms with Crippen LogP contribution in [0.3, 0.4) is 0 Å². The molecule has 0 aliphatic rings. The van der Waals surface area contributed by atoms with Gasteiger partial charge in [-0.3, -0.25) is 4.79 Å². The average Bonchev–Trinajstić information content (AvgIpc) is 2.26. The Balaban J connectivity index is 3.01. The molecule has 1 aromatic rings. The summed E-state index contributed by atoms with van der Waals surface area (Å²) in [7, 11) is 0. The fraction of sp³-hybridized carbons (Fsp3) is 0.417. The van der Waals surface area contributed by atoms with E-state index >= 15 is 0 Å². The van der Waals surface area contributed by atoms with Crippen molar-refractivity contribution in [3.63, 3.8) is 0 Å². The van der Waals surface area contributed by atoms with Gasteiger partial charge in [0.1, 0.15) is 11.2 Å². The number of carbonyl (C=O) groups is 2. The van der Waals surface area contributed by atoms with Gasteiger partial charge >= 0.3 is 5.97 Å². The second kappa shape index (κ2) is 5.75. The predicted octanol–water partition coefficient (Wildman–Crippen LogP) is 2.62. The SMILES string of the molecule is CC(C)(C)[C@@H](NC(=O)c1cc(Cl)ncc1Cl)C(=O)O. The molecular formula is C12H14Cl2N2O3. The van der Waals surface area contributed by atoms with Crippen LogP contribution < -0.4 is 5.32 Å². The summed E-state index contributed by atoms with van der Waals surface area (Å²) >= 11 is 11.5. The van der Waals surface area contributed by atoms with Gasteiger partial charge in [-0.1, -0.05) is 44.0 Å². The summed E-state index contributed by atoms with van der Waals surface area (Å²) < 4.78 is 0. The molecule has 0 aliphatic heterocycles. The molecule has 1 rings (SSSR count). The maximum atomic E-state index is 12.0. The van der Waals surface area contributed by atoms with Gasteiger partial charge in [0.15, 0.2) is 0 Å². The van der Waals surface area contributed by atoms with Crippen molar-refractivity contribution in [1.29, 1.82) is 0 Å². The summed E-state index contributed by atoms with van der Waals surface area (Å²) in [6, 6.07) is 0.254. The van der Waals surface area contributed by atoms with Crippen LogP contribution in [0.4, 0.5) is 0 Å². The first kappa shape index (κ1) is 15.7. The Hall–Kier alpha value is -1.33. The third kappa shape index (κ3) is 4.08. The zero-order valence-electron chi connectivity index (χ0n) is 10.7. The summed E-state index contributed by atoms with van der Waals surface area (Å²) in [5.74, 6) is -1.71. The number of carbonyl (C=O) groups excluding carboxylic acids is 1. The number of aliphatic carboxylic acids is 1. The van der Waals surface area contributed by atoms with E-state index in [2.05, 4.69) is 10.3 Å². The normalized spacial score (nSPS) is 12.9. The van der Waals surface area contributed by atoms with Crippen LogP contribution in [0, 0.1) is 5.41 Å². The Bertz CT molecular complexity index is 512. The Morgan fingerprint density at radius 2 is 1.95 bits per heavy atom. The van der Waals surface area contributed by atoms with Gasteiger partial charge in [-0.25, -0.2) is 9.78 Å². The van der Waals surface area contributed by atoms with Crippen LogP contribution in [0.15, 0.2) is 12.3 Å². The van der Waals surface area contributed by atoms with Crippen LogP contribution in [0.2, 0.25) is 10.2 Å². The number of amides is 1. The summed E-state index contributed by atoms with van der Waals surface area (Å²) in [4.78, 5) is 26.9. The van der Waals surface area contributed by atoms with E-state index in [9.17, 15) is 9.59 Å². The third-order valence-electron chi connectivity index (χ3n) is 2.46. The number of halogens is 2. The predicted molar refractivity (Wildman–Crippen MR) is 72.6 cm³/mol. The standard InChI is InChI=1S/C12H14Cl2N2O3/c1-12(2,3)9(11(18)19)16-10(17)6-4-8(14)15-5-7(6)13/h4-5,9H,1-3H3,(H,16,17)(H,18,19)/t9-/m0/s1. The summed E-state index contributed by atoms with van der Waals surface area (Å²) in [5.41, 5.74) is -0.540. The van der Waals surface area contributed by atoms with Gasteiger partial charge in [-0.15, -0.1) is 0 Å². The Morgan fingerprint density at radius 3 is 2.42 bits per heavy atom. The van der Waals surface area contributed by atoms with Crippen molar-refractivity contribution < 1.29 is 14.7 Å². The Kier molecular flexibility index (Phi) is 4.76. The lowest BCUT2D eigenvalue weighted by atomic mass is 9.86. The number of nitrogens with zero attached hydrogens (tertiary/aromatic N) is 1. The summed E-state index contributed by atoms with van der Waals surface area (Å²) in [6.07, 6.45) is 1.24. The van der Waals surface area contributed by atoms with Crippen LogP contribution in [0.5, 0.6) is 0 Å². The van der Waals surface area contributed by atoms with Crippen LogP contribution >= 0.6 is 23.2 Å². The fourth-order valence-electron chi connectivity index (χ4n) is 1.44. The van der Waals surface area contributed by atoms with Crippen LogP contribution in [-0.2, 0) is 4.79 Å². The minimum Gasteiger partial charge on any atom is -0.480 e. The number of rotatable bonds is 3. The molecule has 1 atom stereocenters. The highest BCUT2D eigenvalue weighted by atomic mass is 35.5. The lowest BCUT2D eigenvalue weighted by Crippen LogP contribution is -2.49. The number of hydrogen-bond acceptors (Lipinski definition) is 3. The zero-order chi connectivity index (χ0) is 14.8. The number of nitrogens with one attached hydrogen (secondary N) is 1. The van der Waals surface area contributed by atoms with Gasteiger partial charge in [-0.2, -0.15) is 0 Å². The molecular weight excluding hydrogens is 291 g/mol. The quantitative estimate of drug-likeness (QED) is 0.841. The van der Waals surface area contributed by atoms with E-state index in [1.165, 1.54) is 12.3 Å². The molecule has 0 fully saturated rings. The van der Waals surface area contributed by atoms with E-state index < -0.39 is 23.3 Å². The Labute approximate surface area is 120 Å². The highest BCUT2D eigenvalue weighted by molar-refractivity contribution is 6.35. The molecule has 1 amide bonds. The zero-order valence-corrected chi connectivity index (χ0v) is 12.2. The highest BCUT2D eigenvalue weighted by Gasteiger charge is 2.33. The largest absolute Gasteiger partial charge is 0.480 e. The topological polar surface area (TPSA) is 79.3 Å². The van der Waals surface area contributed by atoms with E-state index in [1.54, 1.807) is 20.8 Å². The van der Waals surface area contributed by atoms with E-state index in [0.717, 1.165) is 0 Å². The molecule has 104 valence electrons. The van der Waals surface area contributed by atoms with E-state index in [-0.39, 0.29) is 15.7 Å². The van der Waals surface area contributed by atoms with Gasteiger partial charge in [0.25, 0.3) is 5.91 Å². The molecule has 0 aliphatic carbocycles. The van der Waals surface area contributed by atoms with E-state index in [0.29, 0.717) is 0 Å². The minimum absolute atomic E-state index is 0.0946. The van der Waals surface area contributed by atoms with Gasteiger partial charge in [-0.05, 0) is 11.5 Å². The molecule has 2 N–H and O–H groups in total. The number of carboxylic acids is 1. The monoisotopic (exact) mass is 304 g/mol. The van der Waals surface area contributed by atoms with Crippen molar-refractivity contribution in [2.45, 2.75) is 26.8 Å². The molecule has 0 aromatic carbocycles. The molecule has 0 unspecified atom stereocenters. The minimum atomic E-state index is -1.11. The van der Waals surface area contributed by atoms with Crippen molar-refractivity contribution in [2.75, 3.05) is 0 Å². The van der Waals surface area contributed by atoms with Crippen molar-refractivity contribution in [1.82, 2.24) is 10.3 Å². The third-order valence-corrected chi connectivity index (χ3v) is 2.96. The average molecular weight is 305 g/mol. The van der Waals surface area contributed by atoms with Crippen molar-refractivity contribution in [3.05, 3.63) is 28.0 Å². The maximum absolute atomic E-state index is 12.0. The first-order chi connectivity index (χ1) is 8.62. The van der Waals surface area contributed by atoms with E-state index in [4.69, 9.17) is 28.3 Å². The molecule has 0 spiro atoms. The van der Waals surface area contributed by atoms with Gasteiger partial charge in [0.2, 0.25) is 0 Å². The van der Waals surface area contributed by atoms with Gasteiger partial charge < -0.3 is 10.4 Å². The smallest absolute Gasteiger partial charge is 0.326 e. The fourth-order valence-corrected chi connectivity index (χ4v) is 1.79. The highest BCUT2D eigenvalue weighted by Crippen LogP contribution is 2.22. The molecule has 1 heterocycles. The van der Waals surface area contributed by atoms with Crippen LogP contribution in [0.25, 0.3) is 0 Å². The van der Waals surface area contributed by atoms with E-state index in [1.807, 2.05) is 0 Å². The molecule has 19 heavy (non-hydrogen) atoms. The molecule has 0 saturated carbocycles. The maximum Gasteiger partial charge on any atom is 0.326 e. The van der Waals surface area contributed by atoms with Crippen molar-refractivity contribution in [3.8, 4) is 0 Å². The number of carboxylic acid groups (broad SMARTS) is 1. The van der Waals surface area contributed by atoms with Crippen molar-refractivity contribution >= 4 is 35.1 Å². The molecule has 7 heteroatoms.